The summed E-state index contributed by atoms with van der Waals surface area (Å²) in [6, 6.07) is 12.8. The standard InChI is InChI=1S/C21H29NO5S/c1-4-26-18-9-5-6-10-19(18)27-13-7-8-16(2)14-17-11-12-20(25-3)21(15-17)28(22,23)24/h5-6,9-12,15-16H,4,7-8,13-14H2,1-3H3,(H2,22,23,24)/t16-/m0/s1. The molecule has 0 saturated carbocycles. The van der Waals surface area contributed by atoms with Gasteiger partial charge in [0, 0.05) is 0 Å². The van der Waals surface area contributed by atoms with E-state index in [2.05, 4.69) is 6.92 Å². The summed E-state index contributed by atoms with van der Waals surface area (Å²) in [5.41, 5.74) is 0.917. The van der Waals surface area contributed by atoms with Gasteiger partial charge in [-0.1, -0.05) is 25.1 Å². The number of nitrogens with two attached hydrogens (primary N) is 1. The van der Waals surface area contributed by atoms with Crippen LogP contribution in [0.2, 0.25) is 0 Å². The third kappa shape index (κ3) is 6.42. The molecule has 2 rings (SSSR count). The topological polar surface area (TPSA) is 87.8 Å². The van der Waals surface area contributed by atoms with E-state index in [0.717, 1.165) is 36.3 Å². The number of benzene rings is 2. The van der Waals surface area contributed by atoms with Crippen molar-refractivity contribution in [1.29, 1.82) is 0 Å². The number of hydrogen-bond acceptors (Lipinski definition) is 5. The van der Waals surface area contributed by atoms with E-state index >= 15 is 0 Å². The van der Waals surface area contributed by atoms with Gasteiger partial charge in [-0.05, 0) is 61.9 Å². The van der Waals surface area contributed by atoms with Crippen molar-refractivity contribution in [2.45, 2.75) is 38.0 Å². The van der Waals surface area contributed by atoms with Crippen LogP contribution >= 0.6 is 0 Å². The molecule has 2 aromatic carbocycles. The van der Waals surface area contributed by atoms with Crippen molar-refractivity contribution in [3.8, 4) is 17.2 Å². The predicted octanol–water partition coefficient (Wildman–Crippen LogP) is 3.78. The highest BCUT2D eigenvalue weighted by Crippen LogP contribution is 2.27. The number of ether oxygens (including phenoxy) is 3. The van der Waals surface area contributed by atoms with E-state index in [0.29, 0.717) is 19.1 Å². The Morgan fingerprint density at radius 2 is 1.71 bits per heavy atom. The molecule has 0 aliphatic rings. The molecule has 1 atom stereocenters. The number of para-hydroxylation sites is 2. The van der Waals surface area contributed by atoms with Gasteiger partial charge in [-0.25, -0.2) is 13.6 Å². The first-order valence-electron chi connectivity index (χ1n) is 9.39. The maximum absolute atomic E-state index is 11.7. The lowest BCUT2D eigenvalue weighted by Crippen LogP contribution is -2.14. The van der Waals surface area contributed by atoms with Gasteiger partial charge in [0.1, 0.15) is 10.6 Å². The summed E-state index contributed by atoms with van der Waals surface area (Å²) in [7, 11) is -2.39. The lowest BCUT2D eigenvalue weighted by molar-refractivity contribution is 0.265. The van der Waals surface area contributed by atoms with Crippen LogP contribution in [0.4, 0.5) is 0 Å². The Kier molecular flexibility index (Phi) is 8.14. The Morgan fingerprint density at radius 1 is 1.04 bits per heavy atom. The first kappa shape index (κ1) is 22.0. The third-order valence-electron chi connectivity index (χ3n) is 4.37. The lowest BCUT2D eigenvalue weighted by atomic mass is 9.97. The quantitative estimate of drug-likeness (QED) is 0.573. The molecular weight excluding hydrogens is 378 g/mol. The monoisotopic (exact) mass is 407 g/mol. The molecule has 0 radical (unpaired) electrons. The van der Waals surface area contributed by atoms with Crippen molar-refractivity contribution < 1.29 is 22.6 Å². The summed E-state index contributed by atoms with van der Waals surface area (Å²) in [6.45, 7) is 5.27. The fraction of sp³-hybridized carbons (Fsp3) is 0.429. The maximum Gasteiger partial charge on any atom is 0.241 e. The van der Waals surface area contributed by atoms with Crippen LogP contribution in [0.25, 0.3) is 0 Å². The zero-order chi connectivity index (χ0) is 20.6. The molecule has 0 unspecified atom stereocenters. The molecule has 154 valence electrons. The third-order valence-corrected chi connectivity index (χ3v) is 5.30. The van der Waals surface area contributed by atoms with Crippen LogP contribution in [0.3, 0.4) is 0 Å². The molecule has 0 aliphatic carbocycles. The van der Waals surface area contributed by atoms with Crippen LogP contribution in [0.15, 0.2) is 47.4 Å². The minimum absolute atomic E-state index is 0.0237. The van der Waals surface area contributed by atoms with Crippen LogP contribution in [0.1, 0.15) is 32.3 Å². The Balaban J connectivity index is 1.87. The van der Waals surface area contributed by atoms with Crippen LogP contribution in [-0.4, -0.2) is 28.7 Å². The summed E-state index contributed by atoms with van der Waals surface area (Å²) in [6.07, 6.45) is 2.59. The Morgan fingerprint density at radius 3 is 2.32 bits per heavy atom. The molecule has 0 amide bonds. The van der Waals surface area contributed by atoms with E-state index < -0.39 is 10.0 Å². The second-order valence-electron chi connectivity index (χ2n) is 6.71. The second kappa shape index (κ2) is 10.3. The van der Waals surface area contributed by atoms with E-state index in [-0.39, 0.29) is 10.6 Å². The minimum atomic E-state index is -3.82. The summed E-state index contributed by atoms with van der Waals surface area (Å²) in [4.78, 5) is 0.0237. The second-order valence-corrected chi connectivity index (χ2v) is 8.24. The predicted molar refractivity (Wildman–Crippen MR) is 110 cm³/mol. The Labute approximate surface area is 167 Å². The van der Waals surface area contributed by atoms with Crippen molar-refractivity contribution >= 4 is 10.0 Å². The van der Waals surface area contributed by atoms with Crippen LogP contribution in [-0.2, 0) is 16.4 Å². The molecule has 28 heavy (non-hydrogen) atoms. The largest absolute Gasteiger partial charge is 0.495 e. The Bertz CT molecular complexity index is 867. The fourth-order valence-electron chi connectivity index (χ4n) is 3.03. The zero-order valence-electron chi connectivity index (χ0n) is 16.7. The Hall–Kier alpha value is -2.25. The molecule has 0 aliphatic heterocycles. The number of methoxy groups -OCH3 is 1. The summed E-state index contributed by atoms with van der Waals surface area (Å²) in [5.74, 6) is 2.14. The van der Waals surface area contributed by atoms with E-state index in [1.807, 2.05) is 37.3 Å². The van der Waals surface area contributed by atoms with E-state index in [4.69, 9.17) is 19.3 Å². The molecule has 2 aromatic rings. The molecule has 6 nitrogen and oxygen atoms in total. The molecule has 0 aromatic heterocycles. The summed E-state index contributed by atoms with van der Waals surface area (Å²) in [5, 5.41) is 5.29. The zero-order valence-corrected chi connectivity index (χ0v) is 17.5. The van der Waals surface area contributed by atoms with E-state index in [1.165, 1.54) is 7.11 Å². The molecule has 0 spiro atoms. The highest BCUT2D eigenvalue weighted by atomic mass is 32.2. The first-order valence-corrected chi connectivity index (χ1v) is 10.9. The molecule has 0 bridgehead atoms. The van der Waals surface area contributed by atoms with Gasteiger partial charge >= 0.3 is 0 Å². The van der Waals surface area contributed by atoms with Crippen LogP contribution in [0.5, 0.6) is 17.2 Å². The SMILES string of the molecule is CCOc1ccccc1OCCC[C@H](C)Cc1ccc(OC)c(S(N)(=O)=O)c1. The fourth-order valence-corrected chi connectivity index (χ4v) is 3.78. The van der Waals surface area contributed by atoms with E-state index in [9.17, 15) is 8.42 Å². The number of rotatable bonds is 11. The summed E-state index contributed by atoms with van der Waals surface area (Å²) >= 11 is 0. The van der Waals surface area contributed by atoms with Gasteiger partial charge < -0.3 is 14.2 Å². The van der Waals surface area contributed by atoms with Gasteiger partial charge in [0.05, 0.1) is 20.3 Å². The average Bonchev–Trinajstić information content (AvgIpc) is 2.66. The molecule has 2 N–H and O–H groups in total. The van der Waals surface area contributed by atoms with Gasteiger partial charge in [0.2, 0.25) is 10.0 Å². The van der Waals surface area contributed by atoms with Crippen LogP contribution < -0.4 is 19.3 Å². The molecule has 0 fully saturated rings. The van der Waals surface area contributed by atoms with Gasteiger partial charge in [-0.3, -0.25) is 0 Å². The minimum Gasteiger partial charge on any atom is -0.495 e. The normalized spacial score (nSPS) is 12.4. The maximum atomic E-state index is 11.7. The number of sulfonamides is 1. The van der Waals surface area contributed by atoms with Crippen molar-refractivity contribution in [1.82, 2.24) is 0 Å². The van der Waals surface area contributed by atoms with Gasteiger partial charge in [0.25, 0.3) is 0 Å². The van der Waals surface area contributed by atoms with Crippen molar-refractivity contribution in [2.24, 2.45) is 11.1 Å². The number of primary sulfonamides is 1. The van der Waals surface area contributed by atoms with Gasteiger partial charge in [-0.2, -0.15) is 0 Å². The van der Waals surface area contributed by atoms with E-state index in [1.54, 1.807) is 12.1 Å². The van der Waals surface area contributed by atoms with Crippen molar-refractivity contribution in [2.75, 3.05) is 20.3 Å². The number of hydrogen-bond donors (Lipinski definition) is 1. The highest BCUT2D eigenvalue weighted by Gasteiger charge is 2.16. The molecule has 0 heterocycles. The smallest absolute Gasteiger partial charge is 0.241 e. The summed E-state index contributed by atoms with van der Waals surface area (Å²) < 4.78 is 40.0. The molecular formula is C21H29NO5S. The van der Waals surface area contributed by atoms with Crippen molar-refractivity contribution in [3.05, 3.63) is 48.0 Å². The highest BCUT2D eigenvalue weighted by molar-refractivity contribution is 7.89. The first-order chi connectivity index (χ1) is 13.3. The molecule has 7 heteroatoms. The average molecular weight is 408 g/mol. The molecule has 0 saturated heterocycles. The van der Waals surface area contributed by atoms with Crippen LogP contribution in [0, 0.1) is 5.92 Å². The lowest BCUT2D eigenvalue weighted by Gasteiger charge is -2.15. The van der Waals surface area contributed by atoms with Gasteiger partial charge in [0.15, 0.2) is 11.5 Å². The van der Waals surface area contributed by atoms with Crippen molar-refractivity contribution in [3.63, 3.8) is 0 Å². The van der Waals surface area contributed by atoms with Gasteiger partial charge in [-0.15, -0.1) is 0 Å².